The summed E-state index contributed by atoms with van der Waals surface area (Å²) in [7, 11) is 0. The molecule has 8 aromatic carbocycles. The lowest BCUT2D eigenvalue weighted by Gasteiger charge is -2.27. The fourth-order valence-electron chi connectivity index (χ4n) is 11.6. The third-order valence-corrected chi connectivity index (χ3v) is 15.2. The zero-order chi connectivity index (χ0) is 48.1. The SMILES string of the molecule is C/C(=N\C(NC(N)c1ccccc1)C1=CCCC=C1)c1cccc(C2=CCC3C(=C2)N(c2cccc(-c4ccccc4)c2)c2ccc(-c4cccc(-c5cccc6c5C(C)(C)c5ccccc5-6)c4)cc23)c1. The standard InChI is InChI=1S/C67H58N4/c1-44(69-66(47-23-11-6-12-24-47)70-65(68)46-21-9-5-10-22-46)48-25-15-26-49(39-48)53-35-37-58-60-42-52(36-38-62(60)71(63(58)43-53)55-30-17-28-51(41-55)45-19-7-4-8-20-45)50-27-16-29-54(40-50)56-32-18-33-59-57-31-13-14-34-61(57)67(2,3)64(56)59/h4-5,7-11,13-36,38-43,58,65-66,70H,6,12,37,68H2,1-3H3/b69-44+. The molecular weight excluding hydrogens is 861 g/mol. The molecule has 3 N–H and O–H groups in total. The number of benzene rings is 8. The Morgan fingerprint density at radius 3 is 2.13 bits per heavy atom. The molecule has 4 heteroatoms. The first-order chi connectivity index (χ1) is 34.8. The molecule has 0 bridgehead atoms. The summed E-state index contributed by atoms with van der Waals surface area (Å²) in [5.74, 6) is 0.193. The minimum absolute atomic E-state index is 0.0978. The molecule has 3 unspecified atom stereocenters. The molecule has 3 aliphatic carbocycles. The van der Waals surface area contributed by atoms with E-state index < -0.39 is 0 Å². The van der Waals surface area contributed by atoms with Gasteiger partial charge in [0.05, 0.1) is 6.17 Å². The topological polar surface area (TPSA) is 53.6 Å². The molecule has 0 amide bonds. The van der Waals surface area contributed by atoms with Crippen molar-refractivity contribution in [2.75, 3.05) is 4.90 Å². The average Bonchev–Trinajstić information content (AvgIpc) is 3.88. The van der Waals surface area contributed by atoms with Crippen LogP contribution < -0.4 is 16.0 Å². The number of hydrogen-bond acceptors (Lipinski definition) is 4. The van der Waals surface area contributed by atoms with Crippen LogP contribution in [0.1, 0.15) is 85.5 Å². The molecule has 0 saturated heterocycles. The van der Waals surface area contributed by atoms with Gasteiger partial charge in [-0.25, -0.2) is 0 Å². The molecule has 71 heavy (non-hydrogen) atoms. The number of nitrogens with zero attached hydrogens (tertiary/aromatic N) is 2. The van der Waals surface area contributed by atoms with E-state index in [-0.39, 0.29) is 23.7 Å². The molecule has 1 heterocycles. The van der Waals surface area contributed by atoms with Gasteiger partial charge in [-0.05, 0) is 158 Å². The molecule has 8 aromatic rings. The highest BCUT2D eigenvalue weighted by atomic mass is 15.2. The predicted molar refractivity (Wildman–Crippen MR) is 298 cm³/mol. The lowest BCUT2D eigenvalue weighted by molar-refractivity contribution is 0.495. The number of hydrogen-bond donors (Lipinski definition) is 2. The van der Waals surface area contributed by atoms with Gasteiger partial charge < -0.3 is 10.6 Å². The maximum absolute atomic E-state index is 6.76. The maximum Gasteiger partial charge on any atom is 0.126 e. The van der Waals surface area contributed by atoms with Gasteiger partial charge in [-0.3, -0.25) is 10.3 Å². The van der Waals surface area contributed by atoms with E-state index >= 15 is 0 Å². The van der Waals surface area contributed by atoms with E-state index in [0.29, 0.717) is 0 Å². The Bertz CT molecular complexity index is 3500. The molecule has 12 rings (SSSR count). The minimum atomic E-state index is -0.359. The maximum atomic E-state index is 6.76. The molecular formula is C67H58N4. The van der Waals surface area contributed by atoms with Crippen molar-refractivity contribution in [2.45, 2.75) is 63.7 Å². The monoisotopic (exact) mass is 918 g/mol. The molecule has 0 spiro atoms. The summed E-state index contributed by atoms with van der Waals surface area (Å²) in [4.78, 5) is 7.85. The van der Waals surface area contributed by atoms with Crippen molar-refractivity contribution in [1.29, 1.82) is 0 Å². The summed E-state index contributed by atoms with van der Waals surface area (Å²) >= 11 is 0. The van der Waals surface area contributed by atoms with Crippen molar-refractivity contribution in [2.24, 2.45) is 10.7 Å². The van der Waals surface area contributed by atoms with Crippen LogP contribution in [0.4, 0.5) is 11.4 Å². The highest BCUT2D eigenvalue weighted by Gasteiger charge is 2.38. The number of nitrogens with one attached hydrogen (secondary N) is 1. The normalized spacial score (nSPS) is 17.3. The molecule has 0 radical (unpaired) electrons. The van der Waals surface area contributed by atoms with Crippen LogP contribution >= 0.6 is 0 Å². The minimum Gasteiger partial charge on any atom is -0.313 e. The van der Waals surface area contributed by atoms with Gasteiger partial charge in [-0.15, -0.1) is 0 Å². The van der Waals surface area contributed by atoms with Gasteiger partial charge >= 0.3 is 0 Å². The van der Waals surface area contributed by atoms with Gasteiger partial charge in [0.1, 0.15) is 6.17 Å². The van der Waals surface area contributed by atoms with Gasteiger partial charge in [0.2, 0.25) is 0 Å². The van der Waals surface area contributed by atoms with Gasteiger partial charge in [0, 0.05) is 34.1 Å². The van der Waals surface area contributed by atoms with Crippen LogP contribution in [0, 0.1) is 0 Å². The smallest absolute Gasteiger partial charge is 0.126 e. The molecule has 4 aliphatic rings. The van der Waals surface area contributed by atoms with Gasteiger partial charge in [0.15, 0.2) is 0 Å². The van der Waals surface area contributed by atoms with Gasteiger partial charge in [0.25, 0.3) is 0 Å². The number of rotatable bonds is 11. The van der Waals surface area contributed by atoms with Crippen LogP contribution in [-0.4, -0.2) is 11.9 Å². The summed E-state index contributed by atoms with van der Waals surface area (Å²) in [5, 5.41) is 3.63. The van der Waals surface area contributed by atoms with E-state index in [1.165, 1.54) is 83.7 Å². The van der Waals surface area contributed by atoms with Crippen molar-refractivity contribution >= 4 is 22.7 Å². The van der Waals surface area contributed by atoms with Crippen molar-refractivity contribution in [3.63, 3.8) is 0 Å². The van der Waals surface area contributed by atoms with Crippen molar-refractivity contribution in [3.05, 3.63) is 269 Å². The van der Waals surface area contributed by atoms with E-state index in [4.69, 9.17) is 10.7 Å². The zero-order valence-corrected chi connectivity index (χ0v) is 40.7. The Morgan fingerprint density at radius 1 is 0.620 bits per heavy atom. The Morgan fingerprint density at radius 2 is 1.30 bits per heavy atom. The molecule has 4 nitrogen and oxygen atoms in total. The second-order valence-corrected chi connectivity index (χ2v) is 20.0. The summed E-state index contributed by atoms with van der Waals surface area (Å²) in [6.45, 7) is 6.87. The third kappa shape index (κ3) is 8.23. The van der Waals surface area contributed by atoms with E-state index in [9.17, 15) is 0 Å². The molecule has 346 valence electrons. The lowest BCUT2D eigenvalue weighted by Crippen LogP contribution is -2.38. The molecule has 1 aliphatic heterocycles. The predicted octanol–water partition coefficient (Wildman–Crippen LogP) is 16.3. The molecule has 0 fully saturated rings. The number of fused-ring (bicyclic) bond motifs is 6. The van der Waals surface area contributed by atoms with Crippen molar-refractivity contribution < 1.29 is 0 Å². The largest absolute Gasteiger partial charge is 0.313 e. The Kier molecular flexibility index (Phi) is 11.5. The Hall–Kier alpha value is -7.89. The molecule has 0 saturated carbocycles. The van der Waals surface area contributed by atoms with Crippen LogP contribution in [0.3, 0.4) is 0 Å². The zero-order valence-electron chi connectivity index (χ0n) is 40.7. The first-order valence-corrected chi connectivity index (χ1v) is 25.2. The summed E-state index contributed by atoms with van der Waals surface area (Å²) < 4.78 is 0. The van der Waals surface area contributed by atoms with Crippen LogP contribution in [0.15, 0.2) is 241 Å². The first-order valence-electron chi connectivity index (χ1n) is 25.2. The van der Waals surface area contributed by atoms with E-state index in [1.54, 1.807) is 0 Å². The van der Waals surface area contributed by atoms with Gasteiger partial charge in [-0.2, -0.15) is 0 Å². The highest BCUT2D eigenvalue weighted by molar-refractivity contribution is 6.00. The number of nitrogens with two attached hydrogens (primary N) is 1. The second kappa shape index (κ2) is 18.5. The highest BCUT2D eigenvalue weighted by Crippen LogP contribution is 2.55. The Labute approximate surface area is 419 Å². The quantitative estimate of drug-likeness (QED) is 0.100. The summed E-state index contributed by atoms with van der Waals surface area (Å²) in [6, 6.07) is 70.9. The van der Waals surface area contributed by atoms with Crippen LogP contribution in [0.25, 0.3) is 50.1 Å². The Balaban J connectivity index is 0.901. The first kappa shape index (κ1) is 44.3. The summed E-state index contributed by atoms with van der Waals surface area (Å²) in [6.07, 6.45) is 13.9. The van der Waals surface area contributed by atoms with Crippen LogP contribution in [0.5, 0.6) is 0 Å². The lowest BCUT2D eigenvalue weighted by atomic mass is 9.78. The van der Waals surface area contributed by atoms with E-state index in [2.05, 4.69) is 237 Å². The fourth-order valence-corrected chi connectivity index (χ4v) is 11.6. The third-order valence-electron chi connectivity index (χ3n) is 15.2. The number of aliphatic imine (C=N–C) groups is 1. The molecule has 0 aromatic heterocycles. The van der Waals surface area contributed by atoms with E-state index in [1.807, 2.05) is 18.2 Å². The molecule has 3 atom stereocenters. The van der Waals surface area contributed by atoms with Crippen LogP contribution in [-0.2, 0) is 5.41 Å². The number of allylic oxidation sites excluding steroid dienone is 6. The fraction of sp³-hybridized carbons (Fsp3) is 0.149. The second-order valence-electron chi connectivity index (χ2n) is 20.0. The average molecular weight is 919 g/mol. The number of anilines is 2. The van der Waals surface area contributed by atoms with Crippen LogP contribution in [0.2, 0.25) is 0 Å². The van der Waals surface area contributed by atoms with Crippen molar-refractivity contribution in [1.82, 2.24) is 5.32 Å². The summed E-state index contributed by atoms with van der Waals surface area (Å²) in [5.41, 5.74) is 31.2. The van der Waals surface area contributed by atoms with E-state index in [0.717, 1.165) is 47.4 Å². The van der Waals surface area contributed by atoms with Crippen molar-refractivity contribution in [3.8, 4) is 44.5 Å². The van der Waals surface area contributed by atoms with Gasteiger partial charge in [-0.1, -0.05) is 196 Å².